The summed E-state index contributed by atoms with van der Waals surface area (Å²) in [6.45, 7) is 8.80. The van der Waals surface area contributed by atoms with Crippen LogP contribution in [0.1, 0.15) is 42.7 Å². The Hall–Kier alpha value is -1.62. The van der Waals surface area contributed by atoms with Gasteiger partial charge in [0.15, 0.2) is 0 Å². The van der Waals surface area contributed by atoms with Gasteiger partial charge in [-0.2, -0.15) is 0 Å². The molecule has 110 valence electrons. The summed E-state index contributed by atoms with van der Waals surface area (Å²) >= 11 is 0. The number of carbonyl (C=O) groups is 1. The van der Waals surface area contributed by atoms with Crippen LogP contribution in [0.15, 0.2) is 12.3 Å². The van der Waals surface area contributed by atoms with Crippen molar-refractivity contribution in [3.63, 3.8) is 0 Å². The number of aryl methyl sites for hydroxylation is 1. The molecule has 0 radical (unpaired) electrons. The third kappa shape index (κ3) is 3.28. The fourth-order valence-electron chi connectivity index (χ4n) is 2.56. The van der Waals surface area contributed by atoms with Gasteiger partial charge in [0.2, 0.25) is 0 Å². The number of likely N-dealkylation sites (tertiary alicyclic amines) is 1. The Morgan fingerprint density at radius 1 is 1.45 bits per heavy atom. The SMILES string of the molecule is Cc1cc(C(=O)NCC(C)(C)N2CCCC2)c(O)cn1. The second kappa shape index (κ2) is 5.79. The highest BCUT2D eigenvalue weighted by Crippen LogP contribution is 2.21. The lowest BCUT2D eigenvalue weighted by Crippen LogP contribution is -2.50. The van der Waals surface area contributed by atoms with Gasteiger partial charge in [-0.25, -0.2) is 0 Å². The molecule has 5 heteroatoms. The first kappa shape index (κ1) is 14.8. The molecule has 0 unspecified atom stereocenters. The first-order valence-corrected chi connectivity index (χ1v) is 7.09. The van der Waals surface area contributed by atoms with Crippen LogP contribution < -0.4 is 5.32 Å². The molecule has 1 aliphatic rings. The number of hydrogen-bond donors (Lipinski definition) is 2. The second-order valence-electron chi connectivity index (χ2n) is 6.03. The van der Waals surface area contributed by atoms with E-state index in [0.717, 1.165) is 13.1 Å². The van der Waals surface area contributed by atoms with Gasteiger partial charge in [-0.05, 0) is 52.8 Å². The molecule has 1 fully saturated rings. The van der Waals surface area contributed by atoms with E-state index < -0.39 is 0 Å². The normalized spacial score (nSPS) is 16.4. The van der Waals surface area contributed by atoms with Gasteiger partial charge in [-0.1, -0.05) is 0 Å². The maximum Gasteiger partial charge on any atom is 0.255 e. The molecule has 0 aromatic carbocycles. The topological polar surface area (TPSA) is 65.5 Å². The van der Waals surface area contributed by atoms with Gasteiger partial charge < -0.3 is 10.4 Å². The molecule has 5 nitrogen and oxygen atoms in total. The van der Waals surface area contributed by atoms with Crippen molar-refractivity contribution in [2.75, 3.05) is 19.6 Å². The monoisotopic (exact) mass is 277 g/mol. The van der Waals surface area contributed by atoms with Crippen molar-refractivity contribution in [2.45, 2.75) is 39.2 Å². The van der Waals surface area contributed by atoms with E-state index in [1.165, 1.54) is 19.0 Å². The molecule has 20 heavy (non-hydrogen) atoms. The molecule has 2 heterocycles. The molecule has 2 N–H and O–H groups in total. The van der Waals surface area contributed by atoms with Gasteiger partial charge >= 0.3 is 0 Å². The number of hydrogen-bond acceptors (Lipinski definition) is 4. The molecular weight excluding hydrogens is 254 g/mol. The Kier molecular flexibility index (Phi) is 4.28. The maximum absolute atomic E-state index is 12.2. The van der Waals surface area contributed by atoms with Gasteiger partial charge in [0.25, 0.3) is 5.91 Å². The van der Waals surface area contributed by atoms with Crippen LogP contribution in [0.4, 0.5) is 0 Å². The number of nitrogens with zero attached hydrogens (tertiary/aromatic N) is 2. The van der Waals surface area contributed by atoms with Crippen LogP contribution in [0, 0.1) is 6.92 Å². The number of nitrogens with one attached hydrogen (secondary N) is 1. The third-order valence-electron chi connectivity index (χ3n) is 3.91. The predicted molar refractivity (Wildman–Crippen MR) is 77.9 cm³/mol. The van der Waals surface area contributed by atoms with Gasteiger partial charge in [0, 0.05) is 17.8 Å². The highest BCUT2D eigenvalue weighted by molar-refractivity contribution is 5.96. The summed E-state index contributed by atoms with van der Waals surface area (Å²) in [7, 11) is 0. The Labute approximate surface area is 120 Å². The van der Waals surface area contributed by atoms with Crippen molar-refractivity contribution in [1.82, 2.24) is 15.2 Å². The van der Waals surface area contributed by atoms with Crippen LogP contribution in [0.3, 0.4) is 0 Å². The Bertz CT molecular complexity index is 494. The minimum atomic E-state index is -0.250. The Balaban J connectivity index is 1.99. The summed E-state index contributed by atoms with van der Waals surface area (Å²) in [6.07, 6.45) is 3.76. The number of aromatic hydroxyl groups is 1. The zero-order valence-corrected chi connectivity index (χ0v) is 12.4. The van der Waals surface area contributed by atoms with Crippen LogP contribution in [-0.4, -0.2) is 46.1 Å². The fraction of sp³-hybridized carbons (Fsp3) is 0.600. The molecule has 1 amide bonds. The molecule has 1 aliphatic heterocycles. The smallest absolute Gasteiger partial charge is 0.255 e. The van der Waals surface area contributed by atoms with Crippen molar-refractivity contribution in [2.24, 2.45) is 0 Å². The summed E-state index contributed by atoms with van der Waals surface area (Å²) in [5, 5.41) is 12.6. The maximum atomic E-state index is 12.2. The third-order valence-corrected chi connectivity index (χ3v) is 3.91. The largest absolute Gasteiger partial charge is 0.505 e. The number of pyridine rings is 1. The van der Waals surface area contributed by atoms with E-state index in [2.05, 4.69) is 29.0 Å². The molecule has 0 atom stereocenters. The van der Waals surface area contributed by atoms with Crippen molar-refractivity contribution in [1.29, 1.82) is 0 Å². The van der Waals surface area contributed by atoms with Crippen molar-refractivity contribution >= 4 is 5.91 Å². The fourth-order valence-corrected chi connectivity index (χ4v) is 2.56. The van der Waals surface area contributed by atoms with Crippen LogP contribution in [-0.2, 0) is 0 Å². The number of amides is 1. The molecule has 0 bridgehead atoms. The van der Waals surface area contributed by atoms with E-state index in [1.807, 2.05) is 0 Å². The van der Waals surface area contributed by atoms with E-state index in [4.69, 9.17) is 0 Å². The number of carbonyl (C=O) groups excluding carboxylic acids is 1. The van der Waals surface area contributed by atoms with Crippen LogP contribution in [0.25, 0.3) is 0 Å². The quantitative estimate of drug-likeness (QED) is 0.879. The van der Waals surface area contributed by atoms with Gasteiger partial charge in [-0.15, -0.1) is 0 Å². The molecule has 1 aromatic rings. The lowest BCUT2D eigenvalue weighted by Gasteiger charge is -2.35. The average molecular weight is 277 g/mol. The van der Waals surface area contributed by atoms with E-state index in [0.29, 0.717) is 12.2 Å². The van der Waals surface area contributed by atoms with E-state index in [9.17, 15) is 9.90 Å². The van der Waals surface area contributed by atoms with Crippen LogP contribution in [0.2, 0.25) is 0 Å². The van der Waals surface area contributed by atoms with E-state index in [-0.39, 0.29) is 22.8 Å². The number of aromatic nitrogens is 1. The van der Waals surface area contributed by atoms with Crippen LogP contribution >= 0.6 is 0 Å². The molecule has 1 saturated heterocycles. The summed E-state index contributed by atoms with van der Waals surface area (Å²) < 4.78 is 0. The van der Waals surface area contributed by atoms with Crippen molar-refractivity contribution in [3.8, 4) is 5.75 Å². The molecule has 0 spiro atoms. The average Bonchev–Trinajstić information content (AvgIpc) is 2.93. The van der Waals surface area contributed by atoms with E-state index in [1.54, 1.807) is 13.0 Å². The Morgan fingerprint density at radius 3 is 2.75 bits per heavy atom. The summed E-state index contributed by atoms with van der Waals surface area (Å²) in [6, 6.07) is 1.60. The zero-order chi connectivity index (χ0) is 14.8. The molecule has 0 aliphatic carbocycles. The lowest BCUT2D eigenvalue weighted by atomic mass is 10.0. The summed E-state index contributed by atoms with van der Waals surface area (Å²) in [5.74, 6) is -0.327. The Morgan fingerprint density at radius 2 is 2.10 bits per heavy atom. The van der Waals surface area contributed by atoms with E-state index >= 15 is 0 Å². The first-order valence-electron chi connectivity index (χ1n) is 7.09. The molecule has 0 saturated carbocycles. The van der Waals surface area contributed by atoms with Crippen molar-refractivity contribution < 1.29 is 9.90 Å². The lowest BCUT2D eigenvalue weighted by molar-refractivity contribution is 0.0899. The zero-order valence-electron chi connectivity index (χ0n) is 12.4. The van der Waals surface area contributed by atoms with Crippen LogP contribution in [0.5, 0.6) is 5.75 Å². The highest BCUT2D eigenvalue weighted by atomic mass is 16.3. The predicted octanol–water partition coefficient (Wildman–Crippen LogP) is 1.70. The first-order chi connectivity index (χ1) is 9.40. The minimum Gasteiger partial charge on any atom is -0.505 e. The van der Waals surface area contributed by atoms with Crippen molar-refractivity contribution in [3.05, 3.63) is 23.5 Å². The van der Waals surface area contributed by atoms with Gasteiger partial charge in [0.1, 0.15) is 5.75 Å². The summed E-state index contributed by atoms with van der Waals surface area (Å²) in [4.78, 5) is 18.5. The standard InChI is InChI=1S/C15H23N3O2/c1-11-8-12(13(19)9-16-11)14(20)17-10-15(2,3)18-6-4-5-7-18/h8-9,19H,4-7,10H2,1-3H3,(H,17,20). The molecule has 1 aromatic heterocycles. The molecular formula is C15H23N3O2. The molecule has 2 rings (SSSR count). The highest BCUT2D eigenvalue weighted by Gasteiger charge is 2.29. The van der Waals surface area contributed by atoms with Gasteiger partial charge in [-0.3, -0.25) is 14.7 Å². The number of rotatable bonds is 4. The summed E-state index contributed by atoms with van der Waals surface area (Å²) in [5.41, 5.74) is 0.936. The van der Waals surface area contributed by atoms with Gasteiger partial charge in [0.05, 0.1) is 11.8 Å². The second-order valence-corrected chi connectivity index (χ2v) is 6.03. The minimum absolute atomic E-state index is 0.0656.